The number of ether oxygens (including phenoxy) is 2. The molecule has 1 aliphatic heterocycles. The van der Waals surface area contributed by atoms with Crippen molar-refractivity contribution < 1.29 is 14.3 Å². The Morgan fingerprint density at radius 3 is 2.82 bits per heavy atom. The molecule has 1 saturated heterocycles. The number of carbonyl (C=O) groups is 1. The van der Waals surface area contributed by atoms with Gasteiger partial charge in [0.25, 0.3) is 0 Å². The summed E-state index contributed by atoms with van der Waals surface area (Å²) < 4.78 is 10.1. The average molecular weight is 158 g/mol. The lowest BCUT2D eigenvalue weighted by molar-refractivity contribution is -0.155. The van der Waals surface area contributed by atoms with Gasteiger partial charge >= 0.3 is 5.97 Å². The van der Waals surface area contributed by atoms with Gasteiger partial charge in [0.15, 0.2) is 6.10 Å². The lowest BCUT2D eigenvalue weighted by atomic mass is 10.2. The Balaban J connectivity index is 2.31. The third kappa shape index (κ3) is 2.19. The topological polar surface area (TPSA) is 35.5 Å². The lowest BCUT2D eigenvalue weighted by Gasteiger charge is -2.08. The highest BCUT2D eigenvalue weighted by Crippen LogP contribution is 2.19. The van der Waals surface area contributed by atoms with Crippen LogP contribution < -0.4 is 0 Å². The number of carbonyl (C=O) groups excluding carboxylic acids is 1. The number of esters is 1. The van der Waals surface area contributed by atoms with Crippen LogP contribution in [0.1, 0.15) is 26.7 Å². The zero-order valence-corrected chi connectivity index (χ0v) is 7.00. The molecule has 0 amide bonds. The molecule has 1 fully saturated rings. The Morgan fingerprint density at radius 2 is 2.36 bits per heavy atom. The molecular weight excluding hydrogens is 144 g/mol. The molecule has 0 aromatic rings. The molecule has 11 heavy (non-hydrogen) atoms. The van der Waals surface area contributed by atoms with Crippen LogP contribution in [-0.4, -0.2) is 24.8 Å². The number of rotatable bonds is 2. The summed E-state index contributed by atoms with van der Waals surface area (Å²) in [6, 6.07) is 0. The first-order valence-electron chi connectivity index (χ1n) is 4.06. The van der Waals surface area contributed by atoms with Crippen LogP contribution >= 0.6 is 0 Å². The van der Waals surface area contributed by atoms with Gasteiger partial charge in [-0.2, -0.15) is 0 Å². The molecular formula is C8H14O3. The van der Waals surface area contributed by atoms with E-state index in [4.69, 9.17) is 9.47 Å². The van der Waals surface area contributed by atoms with Gasteiger partial charge in [0, 0.05) is 0 Å². The van der Waals surface area contributed by atoms with E-state index in [1.54, 1.807) is 6.92 Å². The van der Waals surface area contributed by atoms with Gasteiger partial charge in [-0.1, -0.05) is 0 Å². The van der Waals surface area contributed by atoms with Crippen molar-refractivity contribution in [2.24, 2.45) is 0 Å². The van der Waals surface area contributed by atoms with Crippen molar-refractivity contribution in [1.82, 2.24) is 0 Å². The lowest BCUT2D eigenvalue weighted by Crippen LogP contribution is -2.23. The Kier molecular flexibility index (Phi) is 2.88. The maximum absolute atomic E-state index is 11.0. The van der Waals surface area contributed by atoms with E-state index in [2.05, 4.69) is 0 Å². The molecule has 1 rings (SSSR count). The van der Waals surface area contributed by atoms with Crippen LogP contribution in [0.3, 0.4) is 0 Å². The SMILES string of the molecule is CCOC(=O)[C@@H]1CC[C@H](C)O1. The Morgan fingerprint density at radius 1 is 1.64 bits per heavy atom. The fraction of sp³-hybridized carbons (Fsp3) is 0.875. The Hall–Kier alpha value is -0.570. The summed E-state index contributed by atoms with van der Waals surface area (Å²) in [5.74, 6) is -0.211. The van der Waals surface area contributed by atoms with Crippen LogP contribution in [-0.2, 0) is 14.3 Å². The summed E-state index contributed by atoms with van der Waals surface area (Å²) in [5, 5.41) is 0. The summed E-state index contributed by atoms with van der Waals surface area (Å²) >= 11 is 0. The minimum atomic E-state index is -0.301. The summed E-state index contributed by atoms with van der Waals surface area (Å²) in [5.41, 5.74) is 0. The molecule has 0 N–H and O–H groups in total. The standard InChI is InChI=1S/C8H14O3/c1-3-10-8(9)7-5-4-6(2)11-7/h6-7H,3-5H2,1-2H3/t6-,7-/m0/s1. The molecule has 0 aromatic carbocycles. The molecule has 0 unspecified atom stereocenters. The molecule has 0 radical (unpaired) electrons. The van der Waals surface area contributed by atoms with Crippen LogP contribution in [0.5, 0.6) is 0 Å². The van der Waals surface area contributed by atoms with E-state index in [1.807, 2.05) is 6.92 Å². The molecule has 3 nitrogen and oxygen atoms in total. The van der Waals surface area contributed by atoms with Crippen LogP contribution in [0.2, 0.25) is 0 Å². The highest BCUT2D eigenvalue weighted by molar-refractivity contribution is 5.74. The second kappa shape index (κ2) is 3.72. The highest BCUT2D eigenvalue weighted by atomic mass is 16.6. The molecule has 1 heterocycles. The zero-order chi connectivity index (χ0) is 8.27. The fourth-order valence-corrected chi connectivity index (χ4v) is 1.21. The fourth-order valence-electron chi connectivity index (χ4n) is 1.21. The molecule has 0 spiro atoms. The van der Waals surface area contributed by atoms with Crippen molar-refractivity contribution in [3.63, 3.8) is 0 Å². The third-order valence-corrected chi connectivity index (χ3v) is 1.78. The quantitative estimate of drug-likeness (QED) is 0.565. The molecule has 0 bridgehead atoms. The number of hydrogen-bond donors (Lipinski definition) is 0. The predicted molar refractivity (Wildman–Crippen MR) is 40.2 cm³/mol. The van der Waals surface area contributed by atoms with Crippen molar-refractivity contribution in [3.8, 4) is 0 Å². The van der Waals surface area contributed by atoms with Crippen molar-refractivity contribution in [2.75, 3.05) is 6.61 Å². The van der Waals surface area contributed by atoms with Crippen LogP contribution in [0.25, 0.3) is 0 Å². The molecule has 64 valence electrons. The van der Waals surface area contributed by atoms with Crippen LogP contribution in [0.15, 0.2) is 0 Å². The summed E-state index contributed by atoms with van der Waals surface area (Å²) in [6.45, 7) is 4.21. The molecule has 0 saturated carbocycles. The van der Waals surface area contributed by atoms with Crippen molar-refractivity contribution in [2.45, 2.75) is 38.9 Å². The smallest absolute Gasteiger partial charge is 0.335 e. The van der Waals surface area contributed by atoms with Gasteiger partial charge in [-0.15, -0.1) is 0 Å². The van der Waals surface area contributed by atoms with E-state index >= 15 is 0 Å². The van der Waals surface area contributed by atoms with Gasteiger partial charge in [-0.3, -0.25) is 0 Å². The molecule has 0 aliphatic carbocycles. The maximum Gasteiger partial charge on any atom is 0.335 e. The monoisotopic (exact) mass is 158 g/mol. The highest BCUT2D eigenvalue weighted by Gasteiger charge is 2.28. The first-order valence-corrected chi connectivity index (χ1v) is 4.06. The van der Waals surface area contributed by atoms with Gasteiger partial charge in [-0.05, 0) is 26.7 Å². The normalized spacial score (nSPS) is 30.4. The summed E-state index contributed by atoms with van der Waals surface area (Å²) in [6.07, 6.45) is 1.68. The van der Waals surface area contributed by atoms with E-state index < -0.39 is 0 Å². The van der Waals surface area contributed by atoms with Gasteiger partial charge in [-0.25, -0.2) is 4.79 Å². The first kappa shape index (κ1) is 8.53. The largest absolute Gasteiger partial charge is 0.464 e. The second-order valence-corrected chi connectivity index (χ2v) is 2.76. The minimum absolute atomic E-state index is 0.211. The average Bonchev–Trinajstić information content (AvgIpc) is 2.36. The van der Waals surface area contributed by atoms with Gasteiger partial charge in [0.1, 0.15) is 0 Å². The van der Waals surface area contributed by atoms with Gasteiger partial charge in [0.05, 0.1) is 12.7 Å². The Labute approximate surface area is 66.7 Å². The molecule has 0 aromatic heterocycles. The third-order valence-electron chi connectivity index (χ3n) is 1.78. The van der Waals surface area contributed by atoms with Crippen molar-refractivity contribution in [3.05, 3.63) is 0 Å². The van der Waals surface area contributed by atoms with Crippen molar-refractivity contribution in [1.29, 1.82) is 0 Å². The molecule has 2 atom stereocenters. The molecule has 3 heteroatoms. The van der Waals surface area contributed by atoms with E-state index in [0.29, 0.717) is 6.61 Å². The second-order valence-electron chi connectivity index (χ2n) is 2.76. The van der Waals surface area contributed by atoms with E-state index in [9.17, 15) is 4.79 Å². The van der Waals surface area contributed by atoms with Crippen molar-refractivity contribution >= 4 is 5.97 Å². The first-order chi connectivity index (χ1) is 5.24. The van der Waals surface area contributed by atoms with E-state index in [-0.39, 0.29) is 18.2 Å². The Bertz CT molecular complexity index is 144. The zero-order valence-electron chi connectivity index (χ0n) is 7.00. The molecule has 1 aliphatic rings. The predicted octanol–water partition coefficient (Wildman–Crippen LogP) is 1.12. The maximum atomic E-state index is 11.0. The summed E-state index contributed by atoms with van der Waals surface area (Å²) in [7, 11) is 0. The van der Waals surface area contributed by atoms with Crippen LogP contribution in [0, 0.1) is 0 Å². The summed E-state index contributed by atoms with van der Waals surface area (Å²) in [4.78, 5) is 11.0. The number of hydrogen-bond acceptors (Lipinski definition) is 3. The van der Waals surface area contributed by atoms with E-state index in [1.165, 1.54) is 0 Å². The van der Waals surface area contributed by atoms with Crippen LogP contribution in [0.4, 0.5) is 0 Å². The van der Waals surface area contributed by atoms with E-state index in [0.717, 1.165) is 12.8 Å². The van der Waals surface area contributed by atoms with Gasteiger partial charge in [0.2, 0.25) is 0 Å². The van der Waals surface area contributed by atoms with Gasteiger partial charge < -0.3 is 9.47 Å². The minimum Gasteiger partial charge on any atom is -0.464 e.